The molecule has 1 atom stereocenters. The summed E-state index contributed by atoms with van der Waals surface area (Å²) in [6, 6.07) is 9.39. The van der Waals surface area contributed by atoms with E-state index < -0.39 is 0 Å². The summed E-state index contributed by atoms with van der Waals surface area (Å²) in [4.78, 5) is 11.8. The Balaban J connectivity index is 2.46. The second kappa shape index (κ2) is 6.80. The molecule has 96 valence electrons. The number of rotatable bonds is 5. The lowest BCUT2D eigenvalue weighted by Crippen LogP contribution is -2.34. The van der Waals surface area contributed by atoms with Crippen molar-refractivity contribution in [2.75, 3.05) is 0 Å². The first-order chi connectivity index (χ1) is 8.51. The topological polar surface area (TPSA) is 52.9 Å². The number of nitrogens with zero attached hydrogens (tertiary/aromatic N) is 1. The minimum absolute atomic E-state index is 0.0351. The Morgan fingerprint density at radius 1 is 1.28 bits per heavy atom. The normalized spacial score (nSPS) is 11.9. The fourth-order valence-corrected chi connectivity index (χ4v) is 1.97. The predicted octanol–water partition coefficient (Wildman–Crippen LogP) is 2.65. The molecule has 0 spiro atoms. The lowest BCUT2D eigenvalue weighted by atomic mass is 10.0. The van der Waals surface area contributed by atoms with Crippen LogP contribution in [-0.2, 0) is 11.2 Å². The third-order valence-corrected chi connectivity index (χ3v) is 2.68. The zero-order valence-electron chi connectivity index (χ0n) is 11.2. The van der Waals surface area contributed by atoms with E-state index in [2.05, 4.69) is 25.2 Å². The number of hydrogen-bond donors (Lipinski definition) is 1. The summed E-state index contributed by atoms with van der Waals surface area (Å²) in [5.74, 6) is 0.614. The Bertz CT molecular complexity index is 429. The van der Waals surface area contributed by atoms with Crippen molar-refractivity contribution in [1.29, 1.82) is 5.26 Å². The first kappa shape index (κ1) is 14.2. The van der Waals surface area contributed by atoms with E-state index in [4.69, 9.17) is 5.26 Å². The van der Waals surface area contributed by atoms with Gasteiger partial charge in [0.1, 0.15) is 0 Å². The van der Waals surface area contributed by atoms with E-state index in [9.17, 15) is 4.79 Å². The summed E-state index contributed by atoms with van der Waals surface area (Å²) in [7, 11) is 0. The van der Waals surface area contributed by atoms with Crippen molar-refractivity contribution >= 4 is 5.91 Å². The maximum atomic E-state index is 11.8. The molecular weight excluding hydrogens is 224 g/mol. The molecule has 1 amide bonds. The average Bonchev–Trinajstić information content (AvgIpc) is 2.28. The Labute approximate surface area is 109 Å². The SMILES string of the molecule is CC(C)CC(C)NC(=O)Cc1ccc(C#N)cc1. The van der Waals surface area contributed by atoms with Crippen molar-refractivity contribution in [1.82, 2.24) is 5.32 Å². The number of nitrogens with one attached hydrogen (secondary N) is 1. The quantitative estimate of drug-likeness (QED) is 0.865. The van der Waals surface area contributed by atoms with Gasteiger partial charge in [0.05, 0.1) is 18.1 Å². The molecule has 0 aliphatic carbocycles. The van der Waals surface area contributed by atoms with E-state index in [-0.39, 0.29) is 11.9 Å². The van der Waals surface area contributed by atoms with E-state index in [0.717, 1.165) is 12.0 Å². The van der Waals surface area contributed by atoms with E-state index in [0.29, 0.717) is 17.9 Å². The highest BCUT2D eigenvalue weighted by atomic mass is 16.1. The highest BCUT2D eigenvalue weighted by molar-refractivity contribution is 5.78. The van der Waals surface area contributed by atoms with Crippen LogP contribution in [0.25, 0.3) is 0 Å². The Morgan fingerprint density at radius 3 is 2.39 bits per heavy atom. The number of carbonyl (C=O) groups is 1. The summed E-state index contributed by atoms with van der Waals surface area (Å²) < 4.78 is 0. The molecule has 0 aliphatic heterocycles. The Kier molecular flexibility index (Phi) is 5.38. The van der Waals surface area contributed by atoms with Gasteiger partial charge in [-0.25, -0.2) is 0 Å². The zero-order chi connectivity index (χ0) is 13.5. The molecule has 0 aromatic heterocycles. The molecule has 3 heteroatoms. The van der Waals surface area contributed by atoms with Crippen LogP contribution in [0.3, 0.4) is 0 Å². The molecule has 0 saturated carbocycles. The first-order valence-corrected chi connectivity index (χ1v) is 6.29. The first-order valence-electron chi connectivity index (χ1n) is 6.29. The van der Waals surface area contributed by atoms with Crippen LogP contribution in [0.1, 0.15) is 38.3 Å². The Hall–Kier alpha value is -1.82. The molecule has 1 rings (SSSR count). The number of benzene rings is 1. The van der Waals surface area contributed by atoms with Gasteiger partial charge >= 0.3 is 0 Å². The molecular formula is C15H20N2O. The van der Waals surface area contributed by atoms with Crippen LogP contribution < -0.4 is 5.32 Å². The standard InChI is InChI=1S/C15H20N2O/c1-11(2)8-12(3)17-15(18)9-13-4-6-14(10-16)7-5-13/h4-7,11-12H,8-9H2,1-3H3,(H,17,18). The molecule has 0 radical (unpaired) electrons. The van der Waals surface area contributed by atoms with Crippen LogP contribution in [0.2, 0.25) is 0 Å². The predicted molar refractivity (Wildman–Crippen MR) is 71.9 cm³/mol. The number of amides is 1. The van der Waals surface area contributed by atoms with Gasteiger partial charge in [0, 0.05) is 6.04 Å². The number of nitriles is 1. The highest BCUT2D eigenvalue weighted by Gasteiger charge is 2.09. The van der Waals surface area contributed by atoms with Gasteiger partial charge < -0.3 is 5.32 Å². The fraction of sp³-hybridized carbons (Fsp3) is 0.467. The molecule has 1 unspecified atom stereocenters. The summed E-state index contributed by atoms with van der Waals surface area (Å²) in [6.45, 7) is 6.31. The van der Waals surface area contributed by atoms with E-state index in [1.165, 1.54) is 0 Å². The lowest BCUT2D eigenvalue weighted by Gasteiger charge is -2.15. The van der Waals surface area contributed by atoms with Gasteiger partial charge in [-0.3, -0.25) is 4.79 Å². The molecule has 0 aliphatic rings. The number of hydrogen-bond acceptors (Lipinski definition) is 2. The summed E-state index contributed by atoms with van der Waals surface area (Å²) >= 11 is 0. The fourth-order valence-electron chi connectivity index (χ4n) is 1.97. The zero-order valence-corrected chi connectivity index (χ0v) is 11.2. The van der Waals surface area contributed by atoms with Gasteiger partial charge in [-0.15, -0.1) is 0 Å². The van der Waals surface area contributed by atoms with Crippen molar-refractivity contribution in [3.63, 3.8) is 0 Å². The molecule has 0 fully saturated rings. The van der Waals surface area contributed by atoms with E-state index >= 15 is 0 Å². The second-order valence-corrected chi connectivity index (χ2v) is 5.08. The minimum atomic E-state index is 0.0351. The summed E-state index contributed by atoms with van der Waals surface area (Å²) in [6.07, 6.45) is 1.35. The largest absolute Gasteiger partial charge is 0.353 e. The average molecular weight is 244 g/mol. The molecule has 1 aromatic carbocycles. The molecule has 18 heavy (non-hydrogen) atoms. The molecule has 1 N–H and O–H groups in total. The second-order valence-electron chi connectivity index (χ2n) is 5.08. The maximum absolute atomic E-state index is 11.8. The van der Waals surface area contributed by atoms with Crippen molar-refractivity contribution in [2.24, 2.45) is 5.92 Å². The monoisotopic (exact) mass is 244 g/mol. The van der Waals surface area contributed by atoms with Gasteiger partial charge in [0.2, 0.25) is 5.91 Å². The van der Waals surface area contributed by atoms with Crippen molar-refractivity contribution in [2.45, 2.75) is 39.7 Å². The summed E-state index contributed by atoms with van der Waals surface area (Å²) in [5.41, 5.74) is 1.55. The van der Waals surface area contributed by atoms with Gasteiger partial charge in [-0.05, 0) is 37.0 Å². The molecule has 1 aromatic rings. The van der Waals surface area contributed by atoms with Crippen LogP contribution in [-0.4, -0.2) is 11.9 Å². The van der Waals surface area contributed by atoms with E-state index in [1.807, 2.05) is 19.1 Å². The lowest BCUT2D eigenvalue weighted by molar-refractivity contribution is -0.121. The molecule has 3 nitrogen and oxygen atoms in total. The molecule has 0 heterocycles. The van der Waals surface area contributed by atoms with Gasteiger partial charge in [0.15, 0.2) is 0 Å². The van der Waals surface area contributed by atoms with Gasteiger partial charge in [0.25, 0.3) is 0 Å². The minimum Gasteiger partial charge on any atom is -0.353 e. The van der Waals surface area contributed by atoms with E-state index in [1.54, 1.807) is 12.1 Å². The third-order valence-electron chi connectivity index (χ3n) is 2.68. The highest BCUT2D eigenvalue weighted by Crippen LogP contribution is 2.06. The van der Waals surface area contributed by atoms with Crippen LogP contribution >= 0.6 is 0 Å². The van der Waals surface area contributed by atoms with Crippen LogP contribution in [0.5, 0.6) is 0 Å². The maximum Gasteiger partial charge on any atom is 0.224 e. The van der Waals surface area contributed by atoms with Crippen LogP contribution in [0.15, 0.2) is 24.3 Å². The Morgan fingerprint density at radius 2 is 1.89 bits per heavy atom. The van der Waals surface area contributed by atoms with Crippen molar-refractivity contribution in [3.8, 4) is 6.07 Å². The molecule has 0 saturated heterocycles. The van der Waals surface area contributed by atoms with Gasteiger partial charge in [-0.2, -0.15) is 5.26 Å². The van der Waals surface area contributed by atoms with Crippen LogP contribution in [0.4, 0.5) is 0 Å². The smallest absolute Gasteiger partial charge is 0.224 e. The third kappa shape index (κ3) is 5.01. The van der Waals surface area contributed by atoms with Gasteiger partial charge in [-0.1, -0.05) is 26.0 Å². The number of carbonyl (C=O) groups excluding carboxylic acids is 1. The van der Waals surface area contributed by atoms with Crippen LogP contribution in [0, 0.1) is 17.2 Å². The summed E-state index contributed by atoms with van der Waals surface area (Å²) in [5, 5.41) is 11.7. The van der Waals surface area contributed by atoms with Crippen molar-refractivity contribution in [3.05, 3.63) is 35.4 Å². The van der Waals surface area contributed by atoms with Crippen molar-refractivity contribution < 1.29 is 4.79 Å². The molecule has 0 bridgehead atoms.